The molecule has 1 aliphatic carbocycles. The minimum absolute atomic E-state index is 0.0609. The first-order valence-electron chi connectivity index (χ1n) is 8.86. The lowest BCUT2D eigenvalue weighted by Gasteiger charge is -2.16. The van der Waals surface area contributed by atoms with Crippen LogP contribution in [0.15, 0.2) is 30.3 Å². The zero-order chi connectivity index (χ0) is 19.4. The van der Waals surface area contributed by atoms with Gasteiger partial charge in [-0.3, -0.25) is 4.79 Å². The number of amides is 1. The van der Waals surface area contributed by atoms with E-state index in [1.807, 2.05) is 12.1 Å². The van der Waals surface area contributed by atoms with E-state index in [0.717, 1.165) is 24.2 Å². The number of rotatable bonds is 7. The number of aryl methyl sites for hydroxylation is 1. The minimum atomic E-state index is -0.0609. The second kappa shape index (κ2) is 8.20. The summed E-state index contributed by atoms with van der Waals surface area (Å²) < 4.78 is 21.3. The SMILES string of the molecule is COc1ccc(OC)c(NC(=O)CC2CCc3cc(OC)c(OC)cc32)c1. The average molecular weight is 371 g/mol. The number of carbonyl (C=O) groups is 1. The van der Waals surface area contributed by atoms with Gasteiger partial charge >= 0.3 is 0 Å². The van der Waals surface area contributed by atoms with Gasteiger partial charge < -0.3 is 24.3 Å². The predicted molar refractivity (Wildman–Crippen MR) is 103 cm³/mol. The lowest BCUT2D eigenvalue weighted by molar-refractivity contribution is -0.116. The summed E-state index contributed by atoms with van der Waals surface area (Å²) in [5, 5.41) is 2.95. The van der Waals surface area contributed by atoms with Crippen LogP contribution in [0.25, 0.3) is 0 Å². The molecule has 0 fully saturated rings. The zero-order valence-electron chi connectivity index (χ0n) is 16.1. The van der Waals surface area contributed by atoms with Crippen molar-refractivity contribution in [1.29, 1.82) is 0 Å². The molecule has 2 aromatic carbocycles. The average Bonchev–Trinajstić information content (AvgIpc) is 3.08. The van der Waals surface area contributed by atoms with E-state index in [2.05, 4.69) is 5.32 Å². The number of anilines is 1. The van der Waals surface area contributed by atoms with Crippen LogP contribution < -0.4 is 24.3 Å². The van der Waals surface area contributed by atoms with Gasteiger partial charge in [-0.15, -0.1) is 0 Å². The number of nitrogens with one attached hydrogen (secondary N) is 1. The van der Waals surface area contributed by atoms with Gasteiger partial charge in [-0.1, -0.05) is 0 Å². The normalized spacial score (nSPS) is 15.0. The van der Waals surface area contributed by atoms with Crippen LogP contribution >= 0.6 is 0 Å². The fraction of sp³-hybridized carbons (Fsp3) is 0.381. The molecule has 27 heavy (non-hydrogen) atoms. The maximum atomic E-state index is 12.7. The molecule has 2 aromatic rings. The van der Waals surface area contributed by atoms with Crippen molar-refractivity contribution in [2.45, 2.75) is 25.2 Å². The Morgan fingerprint density at radius 3 is 2.33 bits per heavy atom. The molecule has 1 N–H and O–H groups in total. The molecule has 0 heterocycles. The third-order valence-corrected chi connectivity index (χ3v) is 4.96. The molecule has 0 saturated carbocycles. The van der Waals surface area contributed by atoms with E-state index in [4.69, 9.17) is 18.9 Å². The Balaban J connectivity index is 1.76. The smallest absolute Gasteiger partial charge is 0.225 e. The number of fused-ring (bicyclic) bond motifs is 1. The second-order valence-corrected chi connectivity index (χ2v) is 6.46. The second-order valence-electron chi connectivity index (χ2n) is 6.46. The predicted octanol–water partition coefficient (Wildman–Crippen LogP) is 3.78. The van der Waals surface area contributed by atoms with Gasteiger partial charge in [0.1, 0.15) is 11.5 Å². The summed E-state index contributed by atoms with van der Waals surface area (Å²) in [6, 6.07) is 9.33. The van der Waals surface area contributed by atoms with E-state index in [-0.39, 0.29) is 11.8 Å². The Morgan fingerprint density at radius 2 is 1.67 bits per heavy atom. The molecule has 1 aliphatic rings. The Labute approximate surface area is 159 Å². The molecule has 1 unspecified atom stereocenters. The van der Waals surface area contributed by atoms with E-state index in [9.17, 15) is 4.79 Å². The Bertz CT molecular complexity index is 834. The largest absolute Gasteiger partial charge is 0.497 e. The van der Waals surface area contributed by atoms with Crippen molar-refractivity contribution in [3.05, 3.63) is 41.5 Å². The monoisotopic (exact) mass is 371 g/mol. The first-order valence-corrected chi connectivity index (χ1v) is 8.86. The summed E-state index contributed by atoms with van der Waals surface area (Å²) >= 11 is 0. The van der Waals surface area contributed by atoms with E-state index < -0.39 is 0 Å². The van der Waals surface area contributed by atoms with Crippen LogP contribution in [0.1, 0.15) is 29.9 Å². The fourth-order valence-electron chi connectivity index (χ4n) is 3.57. The summed E-state index contributed by atoms with van der Waals surface area (Å²) in [6.07, 6.45) is 2.24. The molecule has 0 saturated heterocycles. The molecule has 0 aliphatic heterocycles. The number of hydrogen-bond donors (Lipinski definition) is 1. The van der Waals surface area contributed by atoms with E-state index in [0.29, 0.717) is 29.4 Å². The quantitative estimate of drug-likeness (QED) is 0.802. The van der Waals surface area contributed by atoms with Crippen molar-refractivity contribution in [3.8, 4) is 23.0 Å². The lowest BCUT2D eigenvalue weighted by atomic mass is 9.97. The third kappa shape index (κ3) is 3.94. The lowest BCUT2D eigenvalue weighted by Crippen LogP contribution is -2.15. The van der Waals surface area contributed by atoms with Crippen LogP contribution in [0, 0.1) is 0 Å². The van der Waals surface area contributed by atoms with Gasteiger partial charge in [-0.2, -0.15) is 0 Å². The summed E-state index contributed by atoms with van der Waals surface area (Å²) in [6.45, 7) is 0. The Kier molecular flexibility index (Phi) is 5.74. The van der Waals surface area contributed by atoms with Crippen molar-refractivity contribution in [2.75, 3.05) is 33.8 Å². The van der Waals surface area contributed by atoms with Crippen molar-refractivity contribution >= 4 is 11.6 Å². The van der Waals surface area contributed by atoms with Gasteiger partial charge in [0, 0.05) is 12.5 Å². The van der Waals surface area contributed by atoms with E-state index in [1.54, 1.807) is 46.6 Å². The minimum Gasteiger partial charge on any atom is -0.497 e. The summed E-state index contributed by atoms with van der Waals surface area (Å²) in [5.41, 5.74) is 2.97. The highest BCUT2D eigenvalue weighted by Gasteiger charge is 2.27. The van der Waals surface area contributed by atoms with Crippen LogP contribution in [-0.4, -0.2) is 34.3 Å². The number of benzene rings is 2. The van der Waals surface area contributed by atoms with Crippen LogP contribution in [0.4, 0.5) is 5.69 Å². The molecule has 0 bridgehead atoms. The molecule has 0 spiro atoms. The summed E-state index contributed by atoms with van der Waals surface area (Å²) in [4.78, 5) is 12.7. The molecule has 1 atom stereocenters. The highest BCUT2D eigenvalue weighted by molar-refractivity contribution is 5.93. The molecule has 1 amide bonds. The number of hydrogen-bond acceptors (Lipinski definition) is 5. The van der Waals surface area contributed by atoms with E-state index >= 15 is 0 Å². The van der Waals surface area contributed by atoms with Crippen molar-refractivity contribution in [3.63, 3.8) is 0 Å². The van der Waals surface area contributed by atoms with Crippen molar-refractivity contribution in [1.82, 2.24) is 0 Å². The van der Waals surface area contributed by atoms with Gasteiger partial charge in [0.15, 0.2) is 11.5 Å². The third-order valence-electron chi connectivity index (χ3n) is 4.96. The maximum absolute atomic E-state index is 12.7. The number of carbonyl (C=O) groups excluding carboxylic acids is 1. The van der Waals surface area contributed by atoms with Gasteiger partial charge in [-0.05, 0) is 54.2 Å². The Morgan fingerprint density at radius 1 is 0.963 bits per heavy atom. The molecule has 6 nitrogen and oxygen atoms in total. The number of methoxy groups -OCH3 is 4. The summed E-state index contributed by atoms with van der Waals surface area (Å²) in [7, 11) is 6.41. The molecular weight excluding hydrogens is 346 g/mol. The molecule has 0 radical (unpaired) electrons. The number of ether oxygens (including phenoxy) is 4. The molecule has 6 heteroatoms. The van der Waals surface area contributed by atoms with E-state index in [1.165, 1.54) is 5.56 Å². The van der Waals surface area contributed by atoms with Crippen LogP contribution in [0.3, 0.4) is 0 Å². The van der Waals surface area contributed by atoms with Gasteiger partial charge in [0.25, 0.3) is 0 Å². The van der Waals surface area contributed by atoms with Crippen molar-refractivity contribution < 1.29 is 23.7 Å². The Hall–Kier alpha value is -2.89. The first kappa shape index (κ1) is 18.9. The van der Waals surface area contributed by atoms with Crippen LogP contribution in [0.2, 0.25) is 0 Å². The van der Waals surface area contributed by atoms with Crippen LogP contribution in [-0.2, 0) is 11.2 Å². The molecule has 0 aromatic heterocycles. The topological polar surface area (TPSA) is 66.0 Å². The molecular formula is C21H25NO5. The molecule has 3 rings (SSSR count). The van der Waals surface area contributed by atoms with Crippen molar-refractivity contribution in [2.24, 2.45) is 0 Å². The molecule has 144 valence electrons. The first-order chi connectivity index (χ1) is 13.1. The standard InChI is InChI=1S/C21H25NO5/c1-24-15-7-8-18(25-2)17(11-15)22-21(23)10-14-6-5-13-9-19(26-3)20(27-4)12-16(13)14/h7-9,11-12,14H,5-6,10H2,1-4H3,(H,22,23). The van der Waals surface area contributed by atoms with Gasteiger partial charge in [0.05, 0.1) is 34.1 Å². The zero-order valence-corrected chi connectivity index (χ0v) is 16.1. The highest BCUT2D eigenvalue weighted by Crippen LogP contribution is 2.42. The summed E-state index contributed by atoms with van der Waals surface area (Å²) in [5.74, 6) is 2.77. The van der Waals surface area contributed by atoms with Gasteiger partial charge in [-0.25, -0.2) is 0 Å². The van der Waals surface area contributed by atoms with Gasteiger partial charge in [0.2, 0.25) is 5.91 Å². The highest BCUT2D eigenvalue weighted by atomic mass is 16.5. The fourth-order valence-corrected chi connectivity index (χ4v) is 3.57. The van der Waals surface area contributed by atoms with Crippen LogP contribution in [0.5, 0.6) is 23.0 Å². The maximum Gasteiger partial charge on any atom is 0.225 e.